The number of imide groups is 1. The first-order valence-corrected chi connectivity index (χ1v) is 14.3. The van der Waals surface area contributed by atoms with Crippen LogP contribution in [0.4, 0.5) is 4.79 Å². The fraction of sp³-hybridized carbons (Fsp3) is 0.154. The average Bonchev–Trinajstić information content (AvgIpc) is 3.07. The smallest absolute Gasteiger partial charge is 0.293 e. The molecule has 34 heavy (non-hydrogen) atoms. The monoisotopic (exact) mass is 759 g/mol. The van der Waals surface area contributed by atoms with Crippen LogP contribution in [0.15, 0.2) is 76.1 Å². The maximum Gasteiger partial charge on any atom is 0.293 e. The maximum atomic E-state index is 12.9. The minimum atomic E-state index is -0.219. The van der Waals surface area contributed by atoms with Gasteiger partial charge in [-0.1, -0.05) is 58.4 Å². The number of hydrogen-bond donors (Lipinski definition) is 0. The minimum absolute atomic E-state index is 0.205. The van der Waals surface area contributed by atoms with Crippen molar-refractivity contribution in [2.75, 3.05) is 6.54 Å². The van der Waals surface area contributed by atoms with Crippen LogP contribution < -0.4 is 4.74 Å². The highest BCUT2D eigenvalue weighted by molar-refractivity contribution is 14.1. The zero-order valence-electron chi connectivity index (χ0n) is 18.0. The summed E-state index contributed by atoms with van der Waals surface area (Å²) >= 11 is 8.95. The molecule has 3 aromatic rings. The SMILES string of the molecule is O=C1S/C(=C/c2cc(I)c(OCc3ccc(Br)cc3)c(I)c2)C(=O)N1CCCc1ccccc1. The van der Waals surface area contributed by atoms with E-state index >= 15 is 0 Å². The number of nitrogens with zero attached hydrogens (tertiary/aromatic N) is 1. The summed E-state index contributed by atoms with van der Waals surface area (Å²) in [6.07, 6.45) is 3.38. The van der Waals surface area contributed by atoms with E-state index in [-0.39, 0.29) is 11.1 Å². The number of halogens is 3. The molecular weight excluding hydrogens is 740 g/mol. The van der Waals surface area contributed by atoms with Crippen LogP contribution in [0.3, 0.4) is 0 Å². The van der Waals surface area contributed by atoms with Gasteiger partial charge in [0.15, 0.2) is 0 Å². The molecule has 0 radical (unpaired) electrons. The lowest BCUT2D eigenvalue weighted by Gasteiger charge is -2.12. The normalized spacial score (nSPS) is 14.8. The second-order valence-corrected chi connectivity index (χ2v) is 11.9. The molecule has 1 saturated heterocycles. The van der Waals surface area contributed by atoms with E-state index in [1.807, 2.05) is 54.6 Å². The van der Waals surface area contributed by atoms with E-state index < -0.39 is 0 Å². The van der Waals surface area contributed by atoms with Crippen molar-refractivity contribution in [1.29, 1.82) is 0 Å². The predicted molar refractivity (Wildman–Crippen MR) is 158 cm³/mol. The highest BCUT2D eigenvalue weighted by Gasteiger charge is 2.34. The van der Waals surface area contributed by atoms with Gasteiger partial charge in [-0.2, -0.15) is 0 Å². The van der Waals surface area contributed by atoms with Crippen LogP contribution in [0.25, 0.3) is 6.08 Å². The molecule has 0 unspecified atom stereocenters. The van der Waals surface area contributed by atoms with Crippen molar-refractivity contribution < 1.29 is 14.3 Å². The number of carbonyl (C=O) groups excluding carboxylic acids is 2. The number of ether oxygens (including phenoxy) is 1. The predicted octanol–water partition coefficient (Wildman–Crippen LogP) is 7.91. The lowest BCUT2D eigenvalue weighted by molar-refractivity contribution is -0.122. The molecule has 1 aliphatic rings. The molecule has 0 spiro atoms. The van der Waals surface area contributed by atoms with E-state index in [1.165, 1.54) is 10.5 Å². The summed E-state index contributed by atoms with van der Waals surface area (Å²) in [6.45, 7) is 0.898. The third kappa shape index (κ3) is 6.64. The van der Waals surface area contributed by atoms with Crippen molar-refractivity contribution in [3.63, 3.8) is 0 Å². The summed E-state index contributed by atoms with van der Waals surface area (Å²) in [6, 6.07) is 22.1. The molecule has 0 saturated carbocycles. The Kier molecular flexibility index (Phi) is 9.11. The summed E-state index contributed by atoms with van der Waals surface area (Å²) < 4.78 is 9.01. The van der Waals surface area contributed by atoms with Gasteiger partial charge < -0.3 is 4.74 Å². The van der Waals surface area contributed by atoms with E-state index in [0.717, 1.165) is 53.1 Å². The molecule has 0 aliphatic carbocycles. The number of aryl methyl sites for hydroxylation is 1. The number of hydrogen-bond acceptors (Lipinski definition) is 4. The highest BCUT2D eigenvalue weighted by Crippen LogP contribution is 2.35. The number of benzene rings is 3. The maximum absolute atomic E-state index is 12.9. The Hall–Kier alpha value is -1.37. The molecule has 0 atom stereocenters. The van der Waals surface area contributed by atoms with Crippen LogP contribution in [-0.2, 0) is 17.8 Å². The summed E-state index contributed by atoms with van der Waals surface area (Å²) in [5.74, 6) is 0.596. The number of thioether (sulfide) groups is 1. The van der Waals surface area contributed by atoms with E-state index in [1.54, 1.807) is 6.08 Å². The lowest BCUT2D eigenvalue weighted by atomic mass is 10.1. The van der Waals surface area contributed by atoms with Crippen molar-refractivity contribution in [2.45, 2.75) is 19.4 Å². The van der Waals surface area contributed by atoms with Crippen molar-refractivity contribution in [2.24, 2.45) is 0 Å². The van der Waals surface area contributed by atoms with Crippen molar-refractivity contribution in [3.8, 4) is 5.75 Å². The largest absolute Gasteiger partial charge is 0.487 e. The van der Waals surface area contributed by atoms with Gasteiger partial charge in [0.05, 0.1) is 12.0 Å². The third-order valence-corrected chi connectivity index (χ3v) is 8.22. The van der Waals surface area contributed by atoms with Crippen LogP contribution in [0.5, 0.6) is 5.75 Å². The molecular formula is C26H20BrI2NO3S. The average molecular weight is 760 g/mol. The molecule has 4 rings (SSSR count). The van der Waals surface area contributed by atoms with Crippen LogP contribution >= 0.6 is 72.9 Å². The molecule has 2 amide bonds. The Labute approximate surface area is 238 Å². The van der Waals surface area contributed by atoms with Gasteiger partial charge in [-0.3, -0.25) is 14.5 Å². The van der Waals surface area contributed by atoms with Crippen molar-refractivity contribution in [3.05, 3.63) is 99.9 Å². The second-order valence-electron chi connectivity index (χ2n) is 7.65. The first kappa shape index (κ1) is 25.7. The Bertz CT molecular complexity index is 1210. The lowest BCUT2D eigenvalue weighted by Crippen LogP contribution is -2.29. The summed E-state index contributed by atoms with van der Waals surface area (Å²) in [4.78, 5) is 27.1. The van der Waals surface area contributed by atoms with Crippen LogP contribution in [0.1, 0.15) is 23.1 Å². The van der Waals surface area contributed by atoms with Crippen molar-refractivity contribution >= 4 is 90.1 Å². The van der Waals surface area contributed by atoms with Gasteiger partial charge in [0, 0.05) is 11.0 Å². The van der Waals surface area contributed by atoms with Crippen LogP contribution in [-0.4, -0.2) is 22.6 Å². The van der Waals surface area contributed by atoms with Gasteiger partial charge in [-0.15, -0.1) is 0 Å². The fourth-order valence-corrected chi connectivity index (χ4v) is 6.72. The second kappa shape index (κ2) is 12.0. The van der Waals surface area contributed by atoms with Gasteiger partial charge in [0.2, 0.25) is 0 Å². The topological polar surface area (TPSA) is 46.6 Å². The molecule has 1 aliphatic heterocycles. The fourth-order valence-electron chi connectivity index (χ4n) is 3.47. The molecule has 174 valence electrons. The minimum Gasteiger partial charge on any atom is -0.487 e. The summed E-state index contributed by atoms with van der Waals surface area (Å²) in [7, 11) is 0. The van der Waals surface area contributed by atoms with Gasteiger partial charge in [-0.25, -0.2) is 0 Å². The number of carbonyl (C=O) groups is 2. The summed E-state index contributed by atoms with van der Waals surface area (Å²) in [5, 5.41) is -0.205. The van der Waals surface area contributed by atoms with Gasteiger partial charge in [0.25, 0.3) is 11.1 Å². The standard InChI is InChI=1S/C26H20BrI2NO3S/c27-20-10-8-18(9-11-20)16-33-24-21(28)13-19(14-22(24)29)15-23-25(31)30(26(32)34-23)12-4-7-17-5-2-1-3-6-17/h1-3,5-6,8-11,13-15H,4,7,12,16H2/b23-15+. The zero-order valence-corrected chi connectivity index (χ0v) is 24.7. The molecule has 1 fully saturated rings. The van der Waals surface area contributed by atoms with Crippen molar-refractivity contribution in [1.82, 2.24) is 4.90 Å². The molecule has 4 nitrogen and oxygen atoms in total. The van der Waals surface area contributed by atoms with Crippen LogP contribution in [0.2, 0.25) is 0 Å². The van der Waals surface area contributed by atoms with E-state index in [0.29, 0.717) is 18.1 Å². The number of amides is 2. The molecule has 1 heterocycles. The highest BCUT2D eigenvalue weighted by atomic mass is 127. The first-order chi connectivity index (χ1) is 16.4. The van der Waals surface area contributed by atoms with Crippen LogP contribution in [0, 0.1) is 7.14 Å². The van der Waals surface area contributed by atoms with Gasteiger partial charge >= 0.3 is 0 Å². The number of rotatable bonds is 8. The summed E-state index contributed by atoms with van der Waals surface area (Å²) in [5.41, 5.74) is 3.16. The molecule has 8 heteroatoms. The third-order valence-electron chi connectivity index (χ3n) is 5.18. The Morgan fingerprint density at radius 3 is 2.29 bits per heavy atom. The quantitative estimate of drug-likeness (QED) is 0.173. The molecule has 0 bridgehead atoms. The molecule has 0 aromatic heterocycles. The van der Waals surface area contributed by atoms with Gasteiger partial charge in [-0.05, 0) is 117 Å². The van der Waals surface area contributed by atoms with E-state index in [4.69, 9.17) is 4.74 Å². The Balaban J connectivity index is 1.41. The Morgan fingerprint density at radius 2 is 1.62 bits per heavy atom. The first-order valence-electron chi connectivity index (χ1n) is 10.6. The molecule has 3 aromatic carbocycles. The molecule has 0 N–H and O–H groups in total. The van der Waals surface area contributed by atoms with Gasteiger partial charge in [0.1, 0.15) is 12.4 Å². The zero-order chi connectivity index (χ0) is 24.1. The Morgan fingerprint density at radius 1 is 0.941 bits per heavy atom. The van der Waals surface area contributed by atoms with E-state index in [2.05, 4.69) is 73.2 Å². The van der Waals surface area contributed by atoms with E-state index in [9.17, 15) is 9.59 Å².